The van der Waals surface area contributed by atoms with Gasteiger partial charge in [-0.2, -0.15) is 0 Å². The molecule has 0 unspecified atom stereocenters. The topological polar surface area (TPSA) is 90.9 Å². The van der Waals surface area contributed by atoms with Crippen molar-refractivity contribution in [3.05, 3.63) is 52.7 Å². The third-order valence-electron chi connectivity index (χ3n) is 3.03. The molecule has 2 aromatic carbocycles. The average Bonchev–Trinajstić information content (AvgIpc) is 2.40. The Hall–Kier alpha value is -2.95. The zero-order valence-corrected chi connectivity index (χ0v) is 10.2. The van der Waals surface area contributed by atoms with Gasteiger partial charge in [0.1, 0.15) is 28.0 Å². The van der Waals surface area contributed by atoms with Gasteiger partial charge in [-0.15, -0.1) is 0 Å². The summed E-state index contributed by atoms with van der Waals surface area (Å²) in [5.74, 6) is -0.698. The lowest BCUT2D eigenvalue weighted by molar-refractivity contribution is 0.341. The van der Waals surface area contributed by atoms with Gasteiger partial charge in [-0.05, 0) is 29.8 Å². The molecule has 0 saturated carbocycles. The number of phenolic OH excluding ortho intramolecular Hbond substituents is 2. The van der Waals surface area contributed by atoms with Crippen LogP contribution in [0.5, 0.6) is 17.4 Å². The van der Waals surface area contributed by atoms with Gasteiger partial charge < -0.3 is 19.7 Å². The van der Waals surface area contributed by atoms with Gasteiger partial charge in [-0.1, -0.05) is 18.2 Å². The minimum Gasteiger partial charge on any atom is -0.508 e. The fraction of sp³-hybridized carbons (Fsp3) is 0. The lowest BCUT2D eigenvalue weighted by atomic mass is 10.0. The molecule has 0 aliphatic carbocycles. The molecule has 1 heterocycles. The molecule has 3 aromatic rings. The summed E-state index contributed by atoms with van der Waals surface area (Å²) in [6.45, 7) is 0. The molecule has 100 valence electrons. The van der Waals surface area contributed by atoms with Gasteiger partial charge in [-0.25, -0.2) is 0 Å². The highest BCUT2D eigenvalue weighted by Gasteiger charge is 2.17. The third-order valence-corrected chi connectivity index (χ3v) is 3.03. The molecule has 1 aromatic heterocycles. The summed E-state index contributed by atoms with van der Waals surface area (Å²) in [6.07, 6.45) is 0. The Labute approximate surface area is 113 Å². The highest BCUT2D eigenvalue weighted by Crippen LogP contribution is 2.32. The lowest BCUT2D eigenvalue weighted by Gasteiger charge is -2.06. The van der Waals surface area contributed by atoms with Crippen LogP contribution in [0.15, 0.2) is 51.7 Å². The van der Waals surface area contributed by atoms with E-state index in [1.54, 1.807) is 0 Å². The van der Waals surface area contributed by atoms with Crippen LogP contribution >= 0.6 is 0 Å². The quantitative estimate of drug-likeness (QED) is 0.632. The lowest BCUT2D eigenvalue weighted by Crippen LogP contribution is -2.05. The zero-order valence-electron chi connectivity index (χ0n) is 10.2. The number of fused-ring (bicyclic) bond motifs is 1. The van der Waals surface area contributed by atoms with Crippen molar-refractivity contribution in [1.82, 2.24) is 0 Å². The Morgan fingerprint density at radius 1 is 0.900 bits per heavy atom. The Kier molecular flexibility index (Phi) is 2.61. The standard InChI is InChI=1S/C15H10O5/c16-9-6-4-8(5-7-9)12-14(18)13-10(17)2-1-3-11(13)20-15(12)19/h1-7,16-17,19H. The van der Waals surface area contributed by atoms with Crippen LogP contribution in [0.2, 0.25) is 0 Å². The van der Waals surface area contributed by atoms with Crippen molar-refractivity contribution in [3.8, 4) is 28.6 Å². The van der Waals surface area contributed by atoms with Crippen LogP contribution < -0.4 is 5.43 Å². The predicted octanol–water partition coefficient (Wildman–Crippen LogP) is 2.58. The number of aromatic hydroxyl groups is 3. The Morgan fingerprint density at radius 2 is 1.60 bits per heavy atom. The van der Waals surface area contributed by atoms with Gasteiger partial charge in [0.2, 0.25) is 5.43 Å². The molecule has 0 aliphatic rings. The fourth-order valence-electron chi connectivity index (χ4n) is 2.09. The highest BCUT2D eigenvalue weighted by atomic mass is 16.5. The summed E-state index contributed by atoms with van der Waals surface area (Å²) in [5.41, 5.74) is -0.0965. The minimum absolute atomic E-state index is 0.00775. The van der Waals surface area contributed by atoms with E-state index in [0.717, 1.165) is 0 Å². The van der Waals surface area contributed by atoms with Gasteiger partial charge >= 0.3 is 0 Å². The number of phenols is 2. The maximum atomic E-state index is 12.4. The molecule has 3 rings (SSSR count). The third kappa shape index (κ3) is 1.76. The summed E-state index contributed by atoms with van der Waals surface area (Å²) < 4.78 is 5.17. The molecule has 0 aliphatic heterocycles. The molecule has 3 N–H and O–H groups in total. The van der Waals surface area contributed by atoms with Gasteiger partial charge in [0.25, 0.3) is 5.95 Å². The Bertz CT molecular complexity index is 847. The van der Waals surface area contributed by atoms with Crippen molar-refractivity contribution in [1.29, 1.82) is 0 Å². The molecule has 0 amide bonds. The summed E-state index contributed by atoms with van der Waals surface area (Å²) in [6, 6.07) is 10.1. The summed E-state index contributed by atoms with van der Waals surface area (Å²) in [7, 11) is 0. The van der Waals surface area contributed by atoms with E-state index in [9.17, 15) is 20.1 Å². The molecular formula is C15H10O5. The summed E-state index contributed by atoms with van der Waals surface area (Å²) in [5, 5.41) is 28.9. The van der Waals surface area contributed by atoms with Crippen LogP contribution in [0.3, 0.4) is 0 Å². The van der Waals surface area contributed by atoms with E-state index in [4.69, 9.17) is 4.42 Å². The molecular weight excluding hydrogens is 260 g/mol. The molecule has 0 saturated heterocycles. The van der Waals surface area contributed by atoms with E-state index in [1.165, 1.54) is 42.5 Å². The van der Waals surface area contributed by atoms with Gasteiger partial charge in [0.15, 0.2) is 0 Å². The maximum Gasteiger partial charge on any atom is 0.294 e. The second kappa shape index (κ2) is 4.31. The number of hydrogen-bond acceptors (Lipinski definition) is 5. The predicted molar refractivity (Wildman–Crippen MR) is 72.9 cm³/mol. The molecule has 5 nitrogen and oxygen atoms in total. The van der Waals surface area contributed by atoms with E-state index in [2.05, 4.69) is 0 Å². The first-order valence-corrected chi connectivity index (χ1v) is 5.85. The molecule has 0 spiro atoms. The molecule has 0 atom stereocenters. The first-order chi connectivity index (χ1) is 9.58. The first-order valence-electron chi connectivity index (χ1n) is 5.85. The molecule has 20 heavy (non-hydrogen) atoms. The second-order valence-corrected chi connectivity index (χ2v) is 4.31. The van der Waals surface area contributed by atoms with Crippen LogP contribution in [-0.2, 0) is 0 Å². The van der Waals surface area contributed by atoms with E-state index in [-0.39, 0.29) is 28.0 Å². The first kappa shape index (κ1) is 12.1. The van der Waals surface area contributed by atoms with Crippen LogP contribution in [0.4, 0.5) is 0 Å². The number of rotatable bonds is 1. The average molecular weight is 270 g/mol. The van der Waals surface area contributed by atoms with Gasteiger partial charge in [-0.3, -0.25) is 4.79 Å². The Balaban J connectivity index is 2.39. The maximum absolute atomic E-state index is 12.4. The van der Waals surface area contributed by atoms with E-state index in [0.29, 0.717) is 5.56 Å². The highest BCUT2D eigenvalue weighted by molar-refractivity contribution is 5.88. The molecule has 5 heteroatoms. The van der Waals surface area contributed by atoms with Crippen LogP contribution in [0.1, 0.15) is 0 Å². The van der Waals surface area contributed by atoms with Crippen molar-refractivity contribution >= 4 is 11.0 Å². The van der Waals surface area contributed by atoms with Crippen molar-refractivity contribution < 1.29 is 19.7 Å². The van der Waals surface area contributed by atoms with Gasteiger partial charge in [0.05, 0.1) is 0 Å². The summed E-state index contributed by atoms with van der Waals surface area (Å²) >= 11 is 0. The fourth-order valence-corrected chi connectivity index (χ4v) is 2.09. The van der Waals surface area contributed by atoms with E-state index >= 15 is 0 Å². The van der Waals surface area contributed by atoms with Crippen LogP contribution in [0.25, 0.3) is 22.1 Å². The van der Waals surface area contributed by atoms with E-state index < -0.39 is 11.4 Å². The molecule has 0 radical (unpaired) electrons. The minimum atomic E-state index is -0.535. The number of benzene rings is 2. The van der Waals surface area contributed by atoms with Crippen LogP contribution in [0, 0.1) is 0 Å². The smallest absolute Gasteiger partial charge is 0.294 e. The molecule has 0 bridgehead atoms. The zero-order chi connectivity index (χ0) is 14.3. The van der Waals surface area contributed by atoms with Crippen molar-refractivity contribution in [2.75, 3.05) is 0 Å². The molecule has 0 fully saturated rings. The van der Waals surface area contributed by atoms with Crippen molar-refractivity contribution in [2.24, 2.45) is 0 Å². The SMILES string of the molecule is O=c1c(-c2ccc(O)cc2)c(O)oc2cccc(O)c12. The van der Waals surface area contributed by atoms with Crippen molar-refractivity contribution in [2.45, 2.75) is 0 Å². The monoisotopic (exact) mass is 270 g/mol. The number of hydrogen-bond donors (Lipinski definition) is 3. The van der Waals surface area contributed by atoms with Crippen LogP contribution in [-0.4, -0.2) is 15.3 Å². The normalized spacial score (nSPS) is 10.8. The summed E-state index contributed by atoms with van der Waals surface area (Å²) in [4.78, 5) is 12.4. The second-order valence-electron chi connectivity index (χ2n) is 4.31. The van der Waals surface area contributed by atoms with Crippen molar-refractivity contribution in [3.63, 3.8) is 0 Å². The largest absolute Gasteiger partial charge is 0.508 e. The van der Waals surface area contributed by atoms with Gasteiger partial charge in [0, 0.05) is 0 Å². The van der Waals surface area contributed by atoms with E-state index in [1.807, 2.05) is 0 Å². The Morgan fingerprint density at radius 3 is 2.30 bits per heavy atom.